The number of amides is 1. The van der Waals surface area contributed by atoms with Gasteiger partial charge in [0.1, 0.15) is 5.75 Å². The third kappa shape index (κ3) is 6.22. The molecule has 1 N–H and O–H groups in total. The van der Waals surface area contributed by atoms with Crippen LogP contribution in [0.4, 0.5) is 5.69 Å². The van der Waals surface area contributed by atoms with Gasteiger partial charge in [0.05, 0.1) is 23.4 Å². The first-order chi connectivity index (χ1) is 13.8. The van der Waals surface area contributed by atoms with Gasteiger partial charge >= 0.3 is 0 Å². The average Bonchev–Trinajstić information content (AvgIpc) is 2.68. The van der Waals surface area contributed by atoms with Crippen LogP contribution in [0, 0.1) is 6.92 Å². The number of anilines is 1. The van der Waals surface area contributed by atoms with Crippen LogP contribution >= 0.6 is 11.8 Å². The fraction of sp³-hybridized carbons (Fsp3) is 0.381. The molecule has 2 rings (SSSR count). The highest BCUT2D eigenvalue weighted by Gasteiger charge is 2.23. The number of methoxy groups -OCH3 is 1. The molecule has 6 nitrogen and oxygen atoms in total. The van der Waals surface area contributed by atoms with Crippen LogP contribution in [0.25, 0.3) is 0 Å². The number of hydrogen-bond donors (Lipinski definition) is 1. The van der Waals surface area contributed by atoms with Crippen LogP contribution in [0.2, 0.25) is 0 Å². The molecule has 0 spiro atoms. The largest absolute Gasteiger partial charge is 0.495 e. The number of rotatable bonds is 10. The lowest BCUT2D eigenvalue weighted by molar-refractivity contribution is -0.113. The molecule has 0 unspecified atom stereocenters. The second kappa shape index (κ2) is 10.7. The van der Waals surface area contributed by atoms with E-state index in [0.717, 1.165) is 11.3 Å². The summed E-state index contributed by atoms with van der Waals surface area (Å²) in [4.78, 5) is 12.5. The third-order valence-corrected chi connectivity index (χ3v) is 7.42. The maximum absolute atomic E-state index is 12.8. The van der Waals surface area contributed by atoms with Crippen molar-refractivity contribution < 1.29 is 17.9 Å². The van der Waals surface area contributed by atoms with E-state index in [2.05, 4.69) is 11.4 Å². The van der Waals surface area contributed by atoms with Crippen molar-refractivity contribution in [2.75, 3.05) is 31.3 Å². The lowest BCUT2D eigenvalue weighted by atomic mass is 10.2. The van der Waals surface area contributed by atoms with Crippen LogP contribution in [0.15, 0.2) is 47.4 Å². The Balaban J connectivity index is 2.09. The Hall–Kier alpha value is -2.03. The number of thioether (sulfide) groups is 1. The van der Waals surface area contributed by atoms with Crippen molar-refractivity contribution >= 4 is 33.4 Å². The van der Waals surface area contributed by atoms with Gasteiger partial charge in [0.2, 0.25) is 15.9 Å². The molecule has 0 aliphatic rings. The maximum atomic E-state index is 12.8. The molecule has 158 valence electrons. The molecule has 1 amide bonds. The van der Waals surface area contributed by atoms with Crippen molar-refractivity contribution in [1.29, 1.82) is 0 Å². The Morgan fingerprint density at radius 2 is 1.86 bits per heavy atom. The van der Waals surface area contributed by atoms with Crippen molar-refractivity contribution in [2.45, 2.75) is 31.4 Å². The van der Waals surface area contributed by atoms with Gasteiger partial charge in [-0.3, -0.25) is 4.79 Å². The van der Waals surface area contributed by atoms with E-state index < -0.39 is 10.0 Å². The number of benzene rings is 2. The van der Waals surface area contributed by atoms with Crippen molar-refractivity contribution in [1.82, 2.24) is 4.31 Å². The molecule has 0 bridgehead atoms. The van der Waals surface area contributed by atoms with E-state index in [-0.39, 0.29) is 16.6 Å². The molecule has 0 saturated heterocycles. The number of carbonyl (C=O) groups is 1. The number of carbonyl (C=O) groups excluding carboxylic acids is 1. The standard InChI is InChI=1S/C21H28N2O4S2/c1-5-23(6-2)29(25,26)18-10-11-20(27-4)19(13-18)22-21(24)15-28-14-17-9-7-8-16(3)12-17/h7-13H,5-6,14-15H2,1-4H3,(H,22,24). The van der Waals surface area contributed by atoms with Gasteiger partial charge in [0.25, 0.3) is 0 Å². The van der Waals surface area contributed by atoms with Crippen LogP contribution in [0.1, 0.15) is 25.0 Å². The van der Waals surface area contributed by atoms with Crippen molar-refractivity contribution in [3.05, 3.63) is 53.6 Å². The zero-order valence-electron chi connectivity index (χ0n) is 17.3. The topological polar surface area (TPSA) is 75.7 Å². The summed E-state index contributed by atoms with van der Waals surface area (Å²) in [6.07, 6.45) is 0. The van der Waals surface area contributed by atoms with E-state index in [0.29, 0.717) is 24.5 Å². The van der Waals surface area contributed by atoms with Crippen LogP contribution in [0.5, 0.6) is 5.75 Å². The smallest absolute Gasteiger partial charge is 0.243 e. The molecule has 0 aliphatic carbocycles. The number of ether oxygens (including phenoxy) is 1. The molecule has 2 aromatic carbocycles. The summed E-state index contributed by atoms with van der Waals surface area (Å²) in [5.74, 6) is 1.19. The fourth-order valence-corrected chi connectivity index (χ4v) is 5.17. The highest BCUT2D eigenvalue weighted by Crippen LogP contribution is 2.29. The number of nitrogens with one attached hydrogen (secondary N) is 1. The van der Waals surface area contributed by atoms with Gasteiger partial charge in [-0.15, -0.1) is 11.8 Å². The van der Waals surface area contributed by atoms with Gasteiger partial charge in [0.15, 0.2) is 0 Å². The van der Waals surface area contributed by atoms with E-state index in [4.69, 9.17) is 4.74 Å². The lowest BCUT2D eigenvalue weighted by Gasteiger charge is -2.19. The van der Waals surface area contributed by atoms with Gasteiger partial charge in [-0.2, -0.15) is 4.31 Å². The number of nitrogens with zero attached hydrogens (tertiary/aromatic N) is 1. The Bertz CT molecular complexity index is 941. The summed E-state index contributed by atoms with van der Waals surface area (Å²) in [5, 5.41) is 2.78. The summed E-state index contributed by atoms with van der Waals surface area (Å²) < 4.78 is 32.2. The lowest BCUT2D eigenvalue weighted by Crippen LogP contribution is -2.30. The molecule has 0 atom stereocenters. The second-order valence-electron chi connectivity index (χ2n) is 6.48. The first kappa shape index (κ1) is 23.3. The monoisotopic (exact) mass is 436 g/mol. The van der Waals surface area contributed by atoms with E-state index in [1.54, 1.807) is 19.9 Å². The Kier molecular flexibility index (Phi) is 8.55. The normalized spacial score (nSPS) is 11.5. The molecule has 0 saturated carbocycles. The van der Waals surface area contributed by atoms with E-state index in [1.165, 1.54) is 40.9 Å². The van der Waals surface area contributed by atoms with E-state index in [9.17, 15) is 13.2 Å². The van der Waals surface area contributed by atoms with Crippen LogP contribution in [-0.2, 0) is 20.6 Å². The zero-order valence-corrected chi connectivity index (χ0v) is 18.9. The Morgan fingerprint density at radius 3 is 2.48 bits per heavy atom. The van der Waals surface area contributed by atoms with Crippen LogP contribution < -0.4 is 10.1 Å². The van der Waals surface area contributed by atoms with Gasteiger partial charge < -0.3 is 10.1 Å². The molecular formula is C21H28N2O4S2. The summed E-state index contributed by atoms with van der Waals surface area (Å²) in [6.45, 7) is 6.37. The van der Waals surface area contributed by atoms with Crippen molar-refractivity contribution in [2.24, 2.45) is 0 Å². The Morgan fingerprint density at radius 1 is 1.14 bits per heavy atom. The quantitative estimate of drug-likeness (QED) is 0.611. The minimum atomic E-state index is -3.62. The summed E-state index contributed by atoms with van der Waals surface area (Å²) >= 11 is 1.50. The maximum Gasteiger partial charge on any atom is 0.243 e. The van der Waals surface area contributed by atoms with Gasteiger partial charge in [-0.1, -0.05) is 43.7 Å². The molecule has 0 aliphatic heterocycles. The summed E-state index contributed by atoms with van der Waals surface area (Å²) in [5.41, 5.74) is 2.69. The first-order valence-corrected chi connectivity index (χ1v) is 12.0. The minimum absolute atomic E-state index is 0.129. The van der Waals surface area contributed by atoms with Crippen molar-refractivity contribution in [3.63, 3.8) is 0 Å². The second-order valence-corrected chi connectivity index (χ2v) is 9.40. The van der Waals surface area contributed by atoms with Crippen LogP contribution in [0.3, 0.4) is 0 Å². The predicted octanol–water partition coefficient (Wildman–Crippen LogP) is 3.91. The zero-order chi connectivity index (χ0) is 21.4. The van der Waals surface area contributed by atoms with E-state index >= 15 is 0 Å². The number of hydrogen-bond acceptors (Lipinski definition) is 5. The molecule has 0 heterocycles. The third-order valence-electron chi connectivity index (χ3n) is 4.37. The SMILES string of the molecule is CCN(CC)S(=O)(=O)c1ccc(OC)c(NC(=O)CSCc2cccc(C)c2)c1. The van der Waals surface area contributed by atoms with Gasteiger partial charge in [-0.05, 0) is 30.7 Å². The molecule has 0 fully saturated rings. The van der Waals surface area contributed by atoms with Gasteiger partial charge in [0, 0.05) is 18.8 Å². The van der Waals surface area contributed by atoms with Gasteiger partial charge in [-0.25, -0.2) is 8.42 Å². The Labute approximate surface area is 177 Å². The minimum Gasteiger partial charge on any atom is -0.495 e. The summed E-state index contributed by atoms with van der Waals surface area (Å²) in [6, 6.07) is 12.7. The fourth-order valence-electron chi connectivity index (χ4n) is 2.91. The molecular weight excluding hydrogens is 408 g/mol. The predicted molar refractivity (Wildman–Crippen MR) is 119 cm³/mol. The van der Waals surface area contributed by atoms with Crippen LogP contribution in [-0.4, -0.2) is 44.6 Å². The average molecular weight is 437 g/mol. The number of sulfonamides is 1. The molecule has 0 aromatic heterocycles. The molecule has 0 radical (unpaired) electrons. The van der Waals surface area contributed by atoms with Crippen molar-refractivity contribution in [3.8, 4) is 5.75 Å². The first-order valence-electron chi connectivity index (χ1n) is 9.43. The number of aryl methyl sites for hydroxylation is 1. The highest BCUT2D eigenvalue weighted by molar-refractivity contribution is 7.99. The summed E-state index contributed by atoms with van der Waals surface area (Å²) in [7, 11) is -2.14. The molecule has 8 heteroatoms. The molecule has 2 aromatic rings. The van der Waals surface area contributed by atoms with E-state index in [1.807, 2.05) is 25.1 Å². The highest BCUT2D eigenvalue weighted by atomic mass is 32.2. The molecule has 29 heavy (non-hydrogen) atoms.